The summed E-state index contributed by atoms with van der Waals surface area (Å²) in [7, 11) is 0. The number of nitrogens with one attached hydrogen (secondary N) is 1. The summed E-state index contributed by atoms with van der Waals surface area (Å²) < 4.78 is 0. The molecule has 1 fully saturated rings. The minimum absolute atomic E-state index is 0.0408. The highest BCUT2D eigenvalue weighted by Crippen LogP contribution is 2.17. The summed E-state index contributed by atoms with van der Waals surface area (Å²) in [6.45, 7) is 3.70. The van der Waals surface area contributed by atoms with Crippen molar-refractivity contribution in [3.05, 3.63) is 11.1 Å². The number of likely N-dealkylation sites (tertiary alicyclic amines) is 1. The van der Waals surface area contributed by atoms with Crippen molar-refractivity contribution in [2.75, 3.05) is 25.0 Å². The lowest BCUT2D eigenvalue weighted by Gasteiger charge is -2.29. The molecule has 7 heteroatoms. The molecule has 0 unspecified atom stereocenters. The van der Waals surface area contributed by atoms with Crippen LogP contribution >= 0.6 is 11.3 Å². The summed E-state index contributed by atoms with van der Waals surface area (Å²) in [6, 6.07) is 0. The van der Waals surface area contributed by atoms with Crippen molar-refractivity contribution in [2.24, 2.45) is 11.7 Å². The Morgan fingerprint density at radius 3 is 2.74 bits per heavy atom. The van der Waals surface area contributed by atoms with Crippen molar-refractivity contribution >= 4 is 28.3 Å². The maximum absolute atomic E-state index is 11.8. The van der Waals surface area contributed by atoms with Crippen LogP contribution in [0.2, 0.25) is 0 Å². The molecule has 2 heterocycles. The minimum Gasteiger partial charge on any atom is -0.369 e. The van der Waals surface area contributed by atoms with E-state index in [0.29, 0.717) is 11.7 Å². The molecule has 0 atom stereocenters. The van der Waals surface area contributed by atoms with Gasteiger partial charge in [-0.15, -0.1) is 11.3 Å². The first-order chi connectivity index (χ1) is 9.04. The monoisotopic (exact) mass is 282 g/mol. The topological polar surface area (TPSA) is 88.3 Å². The van der Waals surface area contributed by atoms with Crippen molar-refractivity contribution in [3.8, 4) is 0 Å². The fraction of sp³-hybridized carbons (Fsp3) is 0.583. The van der Waals surface area contributed by atoms with Crippen molar-refractivity contribution in [3.63, 3.8) is 0 Å². The Labute approximate surface area is 116 Å². The van der Waals surface area contributed by atoms with Crippen molar-refractivity contribution < 1.29 is 9.59 Å². The Bertz CT molecular complexity index is 466. The van der Waals surface area contributed by atoms with Gasteiger partial charge in [0, 0.05) is 11.3 Å². The number of aryl methyl sites for hydroxylation is 1. The first-order valence-corrected chi connectivity index (χ1v) is 7.16. The smallest absolute Gasteiger partial charge is 0.240 e. The molecule has 3 N–H and O–H groups in total. The van der Waals surface area contributed by atoms with Gasteiger partial charge in [-0.05, 0) is 32.9 Å². The van der Waals surface area contributed by atoms with E-state index in [9.17, 15) is 9.59 Å². The predicted molar refractivity (Wildman–Crippen MR) is 73.8 cm³/mol. The van der Waals surface area contributed by atoms with E-state index >= 15 is 0 Å². The Morgan fingerprint density at radius 1 is 1.53 bits per heavy atom. The van der Waals surface area contributed by atoms with Crippen LogP contribution in [0.5, 0.6) is 0 Å². The number of piperidine rings is 1. The zero-order chi connectivity index (χ0) is 13.8. The van der Waals surface area contributed by atoms with Gasteiger partial charge in [-0.2, -0.15) is 0 Å². The normalized spacial score (nSPS) is 17.3. The van der Waals surface area contributed by atoms with Crippen LogP contribution in [0.4, 0.5) is 5.13 Å². The summed E-state index contributed by atoms with van der Waals surface area (Å²) in [6.07, 6.45) is 1.47. The summed E-state index contributed by atoms with van der Waals surface area (Å²) in [5.41, 5.74) is 6.18. The summed E-state index contributed by atoms with van der Waals surface area (Å²) in [5, 5.41) is 5.31. The second kappa shape index (κ2) is 6.12. The van der Waals surface area contributed by atoms with Crippen LogP contribution < -0.4 is 11.1 Å². The maximum Gasteiger partial charge on any atom is 0.240 e. The van der Waals surface area contributed by atoms with E-state index in [1.165, 1.54) is 11.3 Å². The van der Waals surface area contributed by atoms with Gasteiger partial charge in [0.25, 0.3) is 0 Å². The molecule has 0 spiro atoms. The summed E-state index contributed by atoms with van der Waals surface area (Å²) in [5.74, 6) is -0.338. The predicted octanol–water partition coefficient (Wildman–Crippen LogP) is 0.587. The molecule has 0 radical (unpaired) electrons. The van der Waals surface area contributed by atoms with Crippen LogP contribution in [-0.2, 0) is 9.59 Å². The first-order valence-electron chi connectivity index (χ1n) is 6.28. The lowest BCUT2D eigenvalue weighted by Crippen LogP contribution is -2.42. The Hall–Kier alpha value is -1.47. The van der Waals surface area contributed by atoms with E-state index in [2.05, 4.69) is 10.3 Å². The van der Waals surface area contributed by atoms with E-state index in [4.69, 9.17) is 5.73 Å². The number of thiazole rings is 1. The number of nitrogens with zero attached hydrogens (tertiary/aromatic N) is 2. The minimum atomic E-state index is -0.234. The van der Waals surface area contributed by atoms with Crippen LogP contribution in [0.25, 0.3) is 0 Å². The zero-order valence-electron chi connectivity index (χ0n) is 10.9. The van der Waals surface area contributed by atoms with Gasteiger partial charge >= 0.3 is 0 Å². The highest BCUT2D eigenvalue weighted by Gasteiger charge is 2.24. The van der Waals surface area contributed by atoms with E-state index in [-0.39, 0.29) is 17.7 Å². The van der Waals surface area contributed by atoms with Crippen molar-refractivity contribution in [2.45, 2.75) is 19.8 Å². The third-order valence-electron chi connectivity index (χ3n) is 3.22. The molecule has 0 bridgehead atoms. The third kappa shape index (κ3) is 4.00. The highest BCUT2D eigenvalue weighted by atomic mass is 32.1. The average Bonchev–Trinajstić information content (AvgIpc) is 2.75. The maximum atomic E-state index is 11.8. The van der Waals surface area contributed by atoms with Crippen LogP contribution in [0.15, 0.2) is 5.38 Å². The fourth-order valence-corrected chi connectivity index (χ4v) is 2.85. The summed E-state index contributed by atoms with van der Waals surface area (Å²) in [4.78, 5) is 29.1. The van der Waals surface area contributed by atoms with Gasteiger partial charge in [0.1, 0.15) is 0 Å². The third-order valence-corrected chi connectivity index (χ3v) is 4.10. The van der Waals surface area contributed by atoms with Gasteiger partial charge in [0.15, 0.2) is 5.13 Å². The van der Waals surface area contributed by atoms with E-state index in [0.717, 1.165) is 31.6 Å². The van der Waals surface area contributed by atoms with Crippen LogP contribution in [0, 0.1) is 12.8 Å². The molecule has 2 amide bonds. The number of aromatic nitrogens is 1. The Balaban J connectivity index is 1.76. The van der Waals surface area contributed by atoms with Gasteiger partial charge in [-0.3, -0.25) is 14.5 Å². The molecular weight excluding hydrogens is 264 g/mol. The molecule has 0 aliphatic carbocycles. The number of hydrogen-bond donors (Lipinski definition) is 2. The largest absolute Gasteiger partial charge is 0.369 e. The molecule has 0 aromatic carbocycles. The van der Waals surface area contributed by atoms with Gasteiger partial charge in [0.05, 0.1) is 12.2 Å². The number of nitrogens with two attached hydrogens (primary N) is 1. The number of carbonyl (C=O) groups excluding carboxylic acids is 2. The number of amides is 2. The lowest BCUT2D eigenvalue weighted by molar-refractivity contribution is -0.123. The first kappa shape index (κ1) is 14.0. The SMILES string of the molecule is Cc1csc(NC(=O)CN2CCC(C(N)=O)CC2)n1. The zero-order valence-corrected chi connectivity index (χ0v) is 11.7. The second-order valence-electron chi connectivity index (χ2n) is 4.80. The average molecular weight is 282 g/mol. The Kier molecular flexibility index (Phi) is 4.49. The molecule has 1 aromatic heterocycles. The molecule has 19 heavy (non-hydrogen) atoms. The van der Waals surface area contributed by atoms with Gasteiger partial charge < -0.3 is 11.1 Å². The van der Waals surface area contributed by atoms with E-state index < -0.39 is 0 Å². The molecule has 1 aliphatic rings. The molecule has 2 rings (SSSR count). The Morgan fingerprint density at radius 2 is 2.21 bits per heavy atom. The van der Waals surface area contributed by atoms with Crippen molar-refractivity contribution in [1.82, 2.24) is 9.88 Å². The highest BCUT2D eigenvalue weighted by molar-refractivity contribution is 7.13. The number of anilines is 1. The van der Waals surface area contributed by atoms with E-state index in [1.807, 2.05) is 17.2 Å². The van der Waals surface area contributed by atoms with E-state index in [1.54, 1.807) is 0 Å². The molecule has 6 nitrogen and oxygen atoms in total. The molecule has 1 aliphatic heterocycles. The van der Waals surface area contributed by atoms with Crippen molar-refractivity contribution in [1.29, 1.82) is 0 Å². The molecule has 1 aromatic rings. The second-order valence-corrected chi connectivity index (χ2v) is 5.65. The molecule has 1 saturated heterocycles. The van der Waals surface area contributed by atoms with Crippen LogP contribution in [0.3, 0.4) is 0 Å². The van der Waals surface area contributed by atoms with Gasteiger partial charge in [0.2, 0.25) is 11.8 Å². The van der Waals surface area contributed by atoms with Gasteiger partial charge in [-0.25, -0.2) is 4.98 Å². The molecule has 104 valence electrons. The van der Waals surface area contributed by atoms with Crippen LogP contribution in [0.1, 0.15) is 18.5 Å². The number of hydrogen-bond acceptors (Lipinski definition) is 5. The lowest BCUT2D eigenvalue weighted by atomic mass is 9.96. The summed E-state index contributed by atoms with van der Waals surface area (Å²) >= 11 is 1.42. The quantitative estimate of drug-likeness (QED) is 0.846. The van der Waals surface area contributed by atoms with Gasteiger partial charge in [-0.1, -0.05) is 0 Å². The number of primary amides is 1. The number of rotatable bonds is 4. The standard InChI is InChI=1S/C12H18N4O2S/c1-8-7-19-12(14-8)15-10(17)6-16-4-2-9(3-5-16)11(13)18/h7,9H,2-6H2,1H3,(H2,13,18)(H,14,15,17). The molecule has 0 saturated carbocycles. The molecular formula is C12H18N4O2S. The number of carbonyl (C=O) groups is 2. The fourth-order valence-electron chi connectivity index (χ4n) is 2.15. The van der Waals surface area contributed by atoms with Crippen LogP contribution in [-0.4, -0.2) is 41.3 Å².